The van der Waals surface area contributed by atoms with Crippen molar-refractivity contribution in [2.75, 3.05) is 40.8 Å². The number of carbonyl (C=O) groups excluding carboxylic acids is 1. The van der Waals surface area contributed by atoms with Gasteiger partial charge in [0, 0.05) is 31.8 Å². The molecule has 0 aromatic heterocycles. The predicted octanol–water partition coefficient (Wildman–Crippen LogP) is 0.0191. The third kappa shape index (κ3) is 2.13. The number of amides is 1. The van der Waals surface area contributed by atoms with Gasteiger partial charge >= 0.3 is 0 Å². The maximum Gasteiger partial charge on any atom is 0.246 e. The Hall–Kier alpha value is -0.870. The predicted molar refractivity (Wildman–Crippen MR) is 64.2 cm³/mol. The first-order valence-electron chi connectivity index (χ1n) is 5.91. The number of fused-ring (bicyclic) bond motifs is 1. The molecule has 0 aromatic rings. The van der Waals surface area contributed by atoms with Crippen molar-refractivity contribution in [2.24, 2.45) is 0 Å². The van der Waals surface area contributed by atoms with Gasteiger partial charge < -0.3 is 9.80 Å². The van der Waals surface area contributed by atoms with Crippen LogP contribution >= 0.6 is 0 Å². The van der Waals surface area contributed by atoms with Crippen molar-refractivity contribution >= 4 is 5.91 Å². The molecule has 0 spiro atoms. The number of nitrogens with zero attached hydrogens (tertiary/aromatic N) is 3. The Bertz CT molecular complexity index is 301. The van der Waals surface area contributed by atoms with Crippen LogP contribution in [0, 0.1) is 0 Å². The van der Waals surface area contributed by atoms with Crippen LogP contribution in [0.15, 0.2) is 12.2 Å². The third-order valence-electron chi connectivity index (χ3n) is 3.59. The summed E-state index contributed by atoms with van der Waals surface area (Å²) in [6.45, 7) is 2.86. The number of likely N-dealkylation sites (N-methyl/N-ethyl adjacent to an activating group) is 2. The molecule has 2 aliphatic heterocycles. The van der Waals surface area contributed by atoms with E-state index in [2.05, 4.69) is 11.9 Å². The fourth-order valence-corrected chi connectivity index (χ4v) is 2.52. The molecule has 2 aliphatic rings. The van der Waals surface area contributed by atoms with E-state index in [1.165, 1.54) is 0 Å². The summed E-state index contributed by atoms with van der Waals surface area (Å²) in [5.74, 6) is 0.179. The number of hydrogen-bond acceptors (Lipinski definition) is 3. The van der Waals surface area contributed by atoms with Crippen molar-refractivity contribution in [3.8, 4) is 0 Å². The molecule has 16 heavy (non-hydrogen) atoms. The summed E-state index contributed by atoms with van der Waals surface area (Å²) >= 11 is 0. The largest absolute Gasteiger partial charge is 0.333 e. The molecule has 2 heterocycles. The van der Waals surface area contributed by atoms with E-state index in [-0.39, 0.29) is 5.91 Å². The molecule has 0 bridgehead atoms. The zero-order valence-electron chi connectivity index (χ0n) is 10.4. The fourth-order valence-electron chi connectivity index (χ4n) is 2.52. The first kappa shape index (κ1) is 11.6. The van der Waals surface area contributed by atoms with Gasteiger partial charge in [0.1, 0.15) is 0 Å². The molecular formula is C12H21N3O. The highest BCUT2D eigenvalue weighted by Gasteiger charge is 2.46. The van der Waals surface area contributed by atoms with Crippen LogP contribution in [0.5, 0.6) is 0 Å². The third-order valence-corrected chi connectivity index (χ3v) is 3.59. The first-order valence-corrected chi connectivity index (χ1v) is 5.91. The Morgan fingerprint density at radius 3 is 2.81 bits per heavy atom. The minimum atomic E-state index is 0.179. The summed E-state index contributed by atoms with van der Waals surface area (Å²) in [6, 6.07) is 1.09. The van der Waals surface area contributed by atoms with Crippen LogP contribution in [0.25, 0.3) is 0 Å². The van der Waals surface area contributed by atoms with E-state index in [0.717, 1.165) is 26.1 Å². The van der Waals surface area contributed by atoms with Crippen molar-refractivity contribution in [2.45, 2.75) is 18.5 Å². The standard InChI is InChI=1S/C12H21N3O/c1-13(2)7-4-5-12(16)15-9-11-10(15)6-8-14(11)3/h4-5,10-11H,6-9H2,1-3H3/b5-4+. The summed E-state index contributed by atoms with van der Waals surface area (Å²) in [5, 5.41) is 0. The molecule has 2 saturated heterocycles. The van der Waals surface area contributed by atoms with Crippen LogP contribution in [-0.4, -0.2) is 73.5 Å². The Labute approximate surface area is 97.5 Å². The summed E-state index contributed by atoms with van der Waals surface area (Å²) in [6.07, 6.45) is 4.79. The number of likely N-dealkylation sites (tertiary alicyclic amines) is 2. The van der Waals surface area contributed by atoms with E-state index in [0.29, 0.717) is 12.1 Å². The average molecular weight is 223 g/mol. The number of carbonyl (C=O) groups is 1. The van der Waals surface area contributed by atoms with Crippen molar-refractivity contribution in [1.82, 2.24) is 14.7 Å². The zero-order valence-corrected chi connectivity index (χ0v) is 10.4. The fraction of sp³-hybridized carbons (Fsp3) is 0.750. The maximum absolute atomic E-state index is 11.9. The molecule has 0 radical (unpaired) electrons. The molecule has 2 unspecified atom stereocenters. The van der Waals surface area contributed by atoms with Crippen LogP contribution in [0.1, 0.15) is 6.42 Å². The zero-order chi connectivity index (χ0) is 11.7. The van der Waals surface area contributed by atoms with Gasteiger partial charge in [-0.25, -0.2) is 0 Å². The molecule has 0 aromatic carbocycles. The van der Waals surface area contributed by atoms with Gasteiger partial charge in [0.2, 0.25) is 5.91 Å². The molecule has 2 fully saturated rings. The molecule has 1 amide bonds. The minimum Gasteiger partial charge on any atom is -0.333 e. The van der Waals surface area contributed by atoms with Gasteiger partial charge in [-0.15, -0.1) is 0 Å². The Balaban J connectivity index is 1.82. The SMILES string of the molecule is CN(C)C/C=C/C(=O)N1CC2C1CCN2C. The normalized spacial score (nSPS) is 29.9. The molecule has 2 rings (SSSR count). The van der Waals surface area contributed by atoms with E-state index in [1.807, 2.05) is 30.0 Å². The van der Waals surface area contributed by atoms with Crippen molar-refractivity contribution < 1.29 is 4.79 Å². The van der Waals surface area contributed by atoms with E-state index in [1.54, 1.807) is 6.08 Å². The van der Waals surface area contributed by atoms with Gasteiger partial charge in [-0.1, -0.05) is 6.08 Å². The lowest BCUT2D eigenvalue weighted by Gasteiger charge is -2.45. The second-order valence-corrected chi connectivity index (χ2v) is 5.06. The van der Waals surface area contributed by atoms with Gasteiger partial charge in [-0.05, 0) is 27.6 Å². The molecule has 4 nitrogen and oxygen atoms in total. The van der Waals surface area contributed by atoms with E-state index in [4.69, 9.17) is 0 Å². The Kier molecular flexibility index (Phi) is 3.30. The van der Waals surface area contributed by atoms with Gasteiger partial charge in [-0.3, -0.25) is 9.69 Å². The van der Waals surface area contributed by atoms with E-state index < -0.39 is 0 Å². The molecule has 0 N–H and O–H groups in total. The molecule has 0 saturated carbocycles. The second-order valence-electron chi connectivity index (χ2n) is 5.06. The Morgan fingerprint density at radius 1 is 1.44 bits per heavy atom. The molecule has 2 atom stereocenters. The highest BCUT2D eigenvalue weighted by molar-refractivity contribution is 5.88. The van der Waals surface area contributed by atoms with Gasteiger partial charge in [0.15, 0.2) is 0 Å². The average Bonchev–Trinajstić information content (AvgIpc) is 2.41. The van der Waals surface area contributed by atoms with Crippen molar-refractivity contribution in [3.05, 3.63) is 12.2 Å². The van der Waals surface area contributed by atoms with Crippen LogP contribution in [0.2, 0.25) is 0 Å². The van der Waals surface area contributed by atoms with Crippen LogP contribution in [0.4, 0.5) is 0 Å². The summed E-state index contributed by atoms with van der Waals surface area (Å²) in [7, 11) is 6.15. The van der Waals surface area contributed by atoms with Gasteiger partial charge in [0.05, 0.1) is 6.04 Å². The van der Waals surface area contributed by atoms with Crippen LogP contribution in [-0.2, 0) is 4.79 Å². The van der Waals surface area contributed by atoms with E-state index >= 15 is 0 Å². The molecular weight excluding hydrogens is 202 g/mol. The minimum absolute atomic E-state index is 0.179. The smallest absolute Gasteiger partial charge is 0.246 e. The maximum atomic E-state index is 11.9. The monoisotopic (exact) mass is 223 g/mol. The highest BCUT2D eigenvalue weighted by Crippen LogP contribution is 2.31. The van der Waals surface area contributed by atoms with Crippen molar-refractivity contribution in [1.29, 1.82) is 0 Å². The quantitative estimate of drug-likeness (QED) is 0.631. The lowest BCUT2D eigenvalue weighted by atomic mass is 9.97. The number of hydrogen-bond donors (Lipinski definition) is 0. The lowest BCUT2D eigenvalue weighted by Crippen LogP contribution is -2.62. The van der Waals surface area contributed by atoms with Crippen LogP contribution < -0.4 is 0 Å². The summed E-state index contributed by atoms with van der Waals surface area (Å²) in [5.41, 5.74) is 0. The molecule has 90 valence electrons. The summed E-state index contributed by atoms with van der Waals surface area (Å²) < 4.78 is 0. The molecule has 4 heteroatoms. The topological polar surface area (TPSA) is 26.8 Å². The van der Waals surface area contributed by atoms with Gasteiger partial charge in [-0.2, -0.15) is 0 Å². The molecule has 0 aliphatic carbocycles. The second kappa shape index (κ2) is 4.55. The van der Waals surface area contributed by atoms with Gasteiger partial charge in [0.25, 0.3) is 0 Å². The Morgan fingerprint density at radius 2 is 2.19 bits per heavy atom. The lowest BCUT2D eigenvalue weighted by molar-refractivity contribution is -0.135. The summed E-state index contributed by atoms with van der Waals surface area (Å²) in [4.78, 5) is 18.3. The van der Waals surface area contributed by atoms with Crippen LogP contribution in [0.3, 0.4) is 0 Å². The van der Waals surface area contributed by atoms with E-state index in [9.17, 15) is 4.79 Å². The highest BCUT2D eigenvalue weighted by atomic mass is 16.2. The number of rotatable bonds is 3. The first-order chi connectivity index (χ1) is 7.59. The van der Waals surface area contributed by atoms with Crippen molar-refractivity contribution in [3.63, 3.8) is 0 Å².